The number of hydrogen-bond acceptors (Lipinski definition) is 2. The van der Waals surface area contributed by atoms with Gasteiger partial charge in [0.25, 0.3) is 0 Å². The number of hydrogen-bond donors (Lipinski definition) is 1. The fourth-order valence-electron chi connectivity index (χ4n) is 0.893. The molecule has 3 nitrogen and oxygen atoms in total. The van der Waals surface area contributed by atoms with E-state index in [1.54, 1.807) is 18.2 Å². The van der Waals surface area contributed by atoms with Crippen LogP contribution in [0, 0.1) is 0 Å². The molecule has 0 heterocycles. The molecular weight excluding hydrogens is 328 g/mol. The van der Waals surface area contributed by atoms with Gasteiger partial charge in [-0.3, -0.25) is 4.79 Å². The minimum atomic E-state index is -1.14. The lowest BCUT2D eigenvalue weighted by Gasteiger charge is -1.98. The van der Waals surface area contributed by atoms with Gasteiger partial charge in [0.1, 0.15) is 0 Å². The highest BCUT2D eigenvalue weighted by molar-refractivity contribution is 9.13. The molecule has 1 aromatic rings. The molecule has 0 saturated carbocycles. The minimum Gasteiger partial charge on any atom is -0.478 e. The SMILES string of the molecule is O=C(O)/C=C/C(=O)c1ccc(Br)c(Br)c1. The van der Waals surface area contributed by atoms with E-state index in [9.17, 15) is 9.59 Å². The summed E-state index contributed by atoms with van der Waals surface area (Å²) in [7, 11) is 0. The Labute approximate surface area is 103 Å². The van der Waals surface area contributed by atoms with E-state index in [4.69, 9.17) is 5.11 Å². The first-order valence-corrected chi connectivity index (χ1v) is 5.49. The van der Waals surface area contributed by atoms with Gasteiger partial charge in [0.05, 0.1) is 0 Å². The molecule has 78 valence electrons. The maximum atomic E-state index is 11.4. The second-order valence-corrected chi connectivity index (χ2v) is 4.37. The Hall–Kier alpha value is -0.940. The number of ketones is 1. The van der Waals surface area contributed by atoms with Gasteiger partial charge in [0, 0.05) is 20.6 Å². The van der Waals surface area contributed by atoms with Gasteiger partial charge >= 0.3 is 5.97 Å². The average molecular weight is 334 g/mol. The van der Waals surface area contributed by atoms with E-state index >= 15 is 0 Å². The van der Waals surface area contributed by atoms with Crippen LogP contribution in [0.2, 0.25) is 0 Å². The van der Waals surface area contributed by atoms with Crippen LogP contribution in [0.25, 0.3) is 0 Å². The Morgan fingerprint density at radius 3 is 2.33 bits per heavy atom. The van der Waals surface area contributed by atoms with E-state index in [-0.39, 0.29) is 5.78 Å². The van der Waals surface area contributed by atoms with Gasteiger partial charge in [-0.1, -0.05) is 0 Å². The van der Waals surface area contributed by atoms with E-state index in [0.717, 1.165) is 21.1 Å². The lowest BCUT2D eigenvalue weighted by atomic mass is 10.1. The second-order valence-electron chi connectivity index (χ2n) is 2.66. The van der Waals surface area contributed by atoms with E-state index < -0.39 is 5.97 Å². The number of allylic oxidation sites excluding steroid dienone is 1. The first-order valence-electron chi connectivity index (χ1n) is 3.91. The van der Waals surface area contributed by atoms with Crippen molar-refractivity contribution in [1.82, 2.24) is 0 Å². The minimum absolute atomic E-state index is 0.342. The van der Waals surface area contributed by atoms with Gasteiger partial charge in [-0.2, -0.15) is 0 Å². The predicted molar refractivity (Wildman–Crippen MR) is 62.9 cm³/mol. The topological polar surface area (TPSA) is 54.4 Å². The molecule has 0 unspecified atom stereocenters. The normalized spacial score (nSPS) is 10.5. The summed E-state index contributed by atoms with van der Waals surface area (Å²) in [6.07, 6.45) is 1.84. The van der Waals surface area contributed by atoms with Crippen molar-refractivity contribution in [1.29, 1.82) is 0 Å². The zero-order chi connectivity index (χ0) is 11.4. The van der Waals surface area contributed by atoms with Gasteiger partial charge in [-0.05, 0) is 56.1 Å². The molecule has 1 aromatic carbocycles. The van der Waals surface area contributed by atoms with Crippen molar-refractivity contribution in [3.63, 3.8) is 0 Å². The molecule has 0 aliphatic carbocycles. The van der Waals surface area contributed by atoms with Crippen LogP contribution >= 0.6 is 31.9 Å². The average Bonchev–Trinajstić information content (AvgIpc) is 2.18. The van der Waals surface area contributed by atoms with Gasteiger partial charge in [0.2, 0.25) is 0 Å². The second kappa shape index (κ2) is 5.23. The molecule has 5 heteroatoms. The van der Waals surface area contributed by atoms with Gasteiger partial charge in [0.15, 0.2) is 5.78 Å². The molecule has 15 heavy (non-hydrogen) atoms. The maximum Gasteiger partial charge on any atom is 0.328 e. The van der Waals surface area contributed by atoms with Crippen LogP contribution < -0.4 is 0 Å². The van der Waals surface area contributed by atoms with Crippen molar-refractivity contribution in [2.24, 2.45) is 0 Å². The molecule has 0 fully saturated rings. The Morgan fingerprint density at radius 2 is 1.80 bits per heavy atom. The van der Waals surface area contributed by atoms with Crippen LogP contribution in [0.3, 0.4) is 0 Å². The first kappa shape index (κ1) is 12.1. The fourth-order valence-corrected chi connectivity index (χ4v) is 1.52. The molecule has 0 aliphatic heterocycles. The predicted octanol–water partition coefficient (Wildman–Crippen LogP) is 3.04. The molecule has 0 atom stereocenters. The molecule has 0 aromatic heterocycles. The van der Waals surface area contributed by atoms with E-state index in [1.165, 1.54) is 0 Å². The highest BCUT2D eigenvalue weighted by atomic mass is 79.9. The Balaban J connectivity index is 2.92. The van der Waals surface area contributed by atoms with E-state index in [0.29, 0.717) is 5.56 Å². The summed E-state index contributed by atoms with van der Waals surface area (Å²) in [5.41, 5.74) is 0.433. The van der Waals surface area contributed by atoms with Crippen molar-refractivity contribution >= 4 is 43.6 Å². The highest BCUT2D eigenvalue weighted by Gasteiger charge is 2.04. The zero-order valence-electron chi connectivity index (χ0n) is 7.41. The van der Waals surface area contributed by atoms with Crippen molar-refractivity contribution < 1.29 is 14.7 Å². The van der Waals surface area contributed by atoms with Crippen LogP contribution in [0.4, 0.5) is 0 Å². The molecule has 1 rings (SSSR count). The van der Waals surface area contributed by atoms with E-state index in [2.05, 4.69) is 31.9 Å². The number of aliphatic carboxylic acids is 1. The number of carbonyl (C=O) groups excluding carboxylic acids is 1. The van der Waals surface area contributed by atoms with Crippen molar-refractivity contribution in [3.05, 3.63) is 44.9 Å². The monoisotopic (exact) mass is 332 g/mol. The summed E-state index contributed by atoms with van der Waals surface area (Å²) in [5, 5.41) is 8.35. The lowest BCUT2D eigenvalue weighted by Crippen LogP contribution is -1.96. The Morgan fingerprint density at radius 1 is 1.13 bits per heavy atom. The Kier molecular flexibility index (Phi) is 4.23. The van der Waals surface area contributed by atoms with Crippen LogP contribution in [0.15, 0.2) is 39.3 Å². The summed E-state index contributed by atoms with van der Waals surface area (Å²) in [6, 6.07) is 4.95. The van der Waals surface area contributed by atoms with Crippen LogP contribution in [-0.4, -0.2) is 16.9 Å². The quantitative estimate of drug-likeness (QED) is 0.683. The van der Waals surface area contributed by atoms with Crippen molar-refractivity contribution in [2.45, 2.75) is 0 Å². The largest absolute Gasteiger partial charge is 0.478 e. The summed E-state index contributed by atoms with van der Waals surface area (Å²) >= 11 is 6.53. The van der Waals surface area contributed by atoms with Crippen molar-refractivity contribution in [2.75, 3.05) is 0 Å². The maximum absolute atomic E-state index is 11.4. The standard InChI is InChI=1S/C10H6Br2O3/c11-7-2-1-6(5-8(7)12)9(13)3-4-10(14)15/h1-5H,(H,14,15)/b4-3+. The van der Waals surface area contributed by atoms with Crippen LogP contribution in [0.5, 0.6) is 0 Å². The molecule has 0 amide bonds. The van der Waals surface area contributed by atoms with Gasteiger partial charge in [-0.25, -0.2) is 4.79 Å². The number of halogens is 2. The molecular formula is C10H6Br2O3. The summed E-state index contributed by atoms with van der Waals surface area (Å²) < 4.78 is 1.58. The number of benzene rings is 1. The van der Waals surface area contributed by atoms with Crippen molar-refractivity contribution in [3.8, 4) is 0 Å². The number of carbonyl (C=O) groups is 2. The molecule has 0 radical (unpaired) electrons. The third kappa shape index (κ3) is 3.60. The van der Waals surface area contributed by atoms with Crippen LogP contribution in [-0.2, 0) is 4.79 Å². The molecule has 0 spiro atoms. The summed E-state index contributed by atoms with van der Waals surface area (Å²) in [4.78, 5) is 21.6. The zero-order valence-corrected chi connectivity index (χ0v) is 10.6. The van der Waals surface area contributed by atoms with Gasteiger partial charge in [-0.15, -0.1) is 0 Å². The van der Waals surface area contributed by atoms with Crippen LogP contribution in [0.1, 0.15) is 10.4 Å². The first-order chi connectivity index (χ1) is 7.00. The third-order valence-electron chi connectivity index (χ3n) is 1.58. The number of carboxylic acid groups (broad SMARTS) is 1. The molecule has 1 N–H and O–H groups in total. The number of carboxylic acids is 1. The molecule has 0 bridgehead atoms. The highest BCUT2D eigenvalue weighted by Crippen LogP contribution is 2.24. The third-order valence-corrected chi connectivity index (χ3v) is 3.46. The Bertz CT molecular complexity index is 438. The lowest BCUT2D eigenvalue weighted by molar-refractivity contribution is -0.131. The number of rotatable bonds is 3. The smallest absolute Gasteiger partial charge is 0.328 e. The molecule has 0 aliphatic rings. The van der Waals surface area contributed by atoms with E-state index in [1.807, 2.05) is 0 Å². The molecule has 0 saturated heterocycles. The summed E-state index contributed by atoms with van der Waals surface area (Å²) in [6.45, 7) is 0. The summed E-state index contributed by atoms with van der Waals surface area (Å²) in [5.74, 6) is -1.48. The fraction of sp³-hybridized carbons (Fsp3) is 0. The van der Waals surface area contributed by atoms with Gasteiger partial charge < -0.3 is 5.11 Å².